The molecule has 19 heavy (non-hydrogen) atoms. The Balaban J connectivity index is 1.98. The van der Waals surface area contributed by atoms with E-state index in [-0.39, 0.29) is 11.7 Å². The molecule has 3 nitrogen and oxygen atoms in total. The number of carbonyl (C=O) groups excluding carboxylic acids is 1. The van der Waals surface area contributed by atoms with Gasteiger partial charge in [-0.15, -0.1) is 0 Å². The van der Waals surface area contributed by atoms with Crippen LogP contribution in [0.5, 0.6) is 0 Å². The van der Waals surface area contributed by atoms with E-state index >= 15 is 0 Å². The Kier molecular flexibility index (Phi) is 4.23. The number of benzene rings is 1. The zero-order valence-electron chi connectivity index (χ0n) is 10.2. The number of amides is 1. The molecule has 0 saturated carbocycles. The highest BCUT2D eigenvalue weighted by Gasteiger charge is 2.35. The van der Waals surface area contributed by atoms with Crippen molar-refractivity contribution in [3.8, 4) is 6.07 Å². The van der Waals surface area contributed by atoms with Gasteiger partial charge in [0.1, 0.15) is 11.4 Å². The predicted octanol–water partition coefficient (Wildman–Crippen LogP) is 2.35. The van der Waals surface area contributed by atoms with Crippen LogP contribution in [0.1, 0.15) is 12.0 Å². The van der Waals surface area contributed by atoms with Crippen LogP contribution in [0, 0.1) is 17.1 Å². The van der Waals surface area contributed by atoms with Gasteiger partial charge in [-0.3, -0.25) is 4.79 Å². The standard InChI is InChI=1S/C14H13FN2OS/c15-12-4-1-11(2-5-12)3-6-13(18)17-14(9-16)7-8-19-10-14/h1-6H,7-8,10H2,(H,17,18)/b6-3-/t14-/m1/s1. The number of nitrogens with zero attached hydrogens (tertiary/aromatic N) is 1. The molecule has 1 N–H and O–H groups in total. The Morgan fingerprint density at radius 1 is 1.47 bits per heavy atom. The van der Waals surface area contributed by atoms with Crippen LogP contribution in [0.3, 0.4) is 0 Å². The van der Waals surface area contributed by atoms with E-state index in [0.29, 0.717) is 12.2 Å². The second-order valence-corrected chi connectivity index (χ2v) is 5.48. The Bertz CT molecular complexity index is 527. The predicted molar refractivity (Wildman–Crippen MR) is 73.9 cm³/mol. The summed E-state index contributed by atoms with van der Waals surface area (Å²) in [5.41, 5.74) is -0.00197. The van der Waals surface area contributed by atoms with Crippen LogP contribution in [-0.4, -0.2) is 23.0 Å². The highest BCUT2D eigenvalue weighted by molar-refractivity contribution is 7.99. The Morgan fingerprint density at radius 3 is 2.79 bits per heavy atom. The lowest BCUT2D eigenvalue weighted by Gasteiger charge is -2.19. The minimum atomic E-state index is -0.741. The van der Waals surface area contributed by atoms with Crippen molar-refractivity contribution in [3.63, 3.8) is 0 Å². The zero-order chi connectivity index (χ0) is 13.7. The molecule has 1 saturated heterocycles. The molecule has 1 amide bonds. The second-order valence-electron chi connectivity index (χ2n) is 4.37. The minimum absolute atomic E-state index is 0.298. The third-order valence-corrected chi connectivity index (χ3v) is 4.09. The molecule has 0 radical (unpaired) electrons. The maximum Gasteiger partial charge on any atom is 0.245 e. The number of nitrogens with one attached hydrogen (secondary N) is 1. The lowest BCUT2D eigenvalue weighted by atomic mass is 10.0. The van der Waals surface area contributed by atoms with Crippen molar-refractivity contribution in [2.24, 2.45) is 0 Å². The maximum absolute atomic E-state index is 12.7. The third kappa shape index (κ3) is 3.58. The van der Waals surface area contributed by atoms with Crippen molar-refractivity contribution in [1.82, 2.24) is 5.32 Å². The van der Waals surface area contributed by atoms with Crippen LogP contribution in [0.15, 0.2) is 30.3 Å². The molecule has 1 atom stereocenters. The number of carbonyl (C=O) groups is 1. The molecule has 0 bridgehead atoms. The largest absolute Gasteiger partial charge is 0.333 e. The zero-order valence-corrected chi connectivity index (χ0v) is 11.0. The van der Waals surface area contributed by atoms with Crippen molar-refractivity contribution in [2.45, 2.75) is 12.0 Å². The van der Waals surface area contributed by atoms with E-state index in [1.165, 1.54) is 18.2 Å². The summed E-state index contributed by atoms with van der Waals surface area (Å²) in [7, 11) is 0. The lowest BCUT2D eigenvalue weighted by Crippen LogP contribution is -2.46. The first kappa shape index (κ1) is 13.6. The van der Waals surface area contributed by atoms with Crippen molar-refractivity contribution in [1.29, 1.82) is 5.26 Å². The van der Waals surface area contributed by atoms with Crippen molar-refractivity contribution < 1.29 is 9.18 Å². The second kappa shape index (κ2) is 5.89. The van der Waals surface area contributed by atoms with Crippen LogP contribution < -0.4 is 5.32 Å². The first-order valence-corrected chi connectivity index (χ1v) is 7.04. The molecule has 1 aromatic rings. The molecule has 0 aliphatic carbocycles. The summed E-state index contributed by atoms with van der Waals surface area (Å²) in [4.78, 5) is 11.8. The Hall–Kier alpha value is -1.80. The molecule has 1 fully saturated rings. The van der Waals surface area contributed by atoms with Gasteiger partial charge in [0.25, 0.3) is 0 Å². The average Bonchev–Trinajstić information content (AvgIpc) is 2.87. The number of hydrogen-bond acceptors (Lipinski definition) is 3. The van der Waals surface area contributed by atoms with E-state index < -0.39 is 5.54 Å². The van der Waals surface area contributed by atoms with Gasteiger partial charge in [0.2, 0.25) is 5.91 Å². The Morgan fingerprint density at radius 2 is 2.21 bits per heavy atom. The molecule has 0 aromatic heterocycles. The molecule has 1 aromatic carbocycles. The number of halogens is 1. The van der Waals surface area contributed by atoms with Crippen LogP contribution in [-0.2, 0) is 4.79 Å². The molecule has 1 heterocycles. The smallest absolute Gasteiger partial charge is 0.245 e. The van der Waals surface area contributed by atoms with Gasteiger partial charge < -0.3 is 5.32 Å². The normalized spacial score (nSPS) is 22.3. The fraction of sp³-hybridized carbons (Fsp3) is 0.286. The fourth-order valence-electron chi connectivity index (χ4n) is 1.80. The average molecular weight is 276 g/mol. The molecule has 5 heteroatoms. The van der Waals surface area contributed by atoms with Crippen molar-refractivity contribution in [3.05, 3.63) is 41.7 Å². The first-order chi connectivity index (χ1) is 9.13. The summed E-state index contributed by atoms with van der Waals surface area (Å²) in [5.74, 6) is 0.899. The molecule has 2 rings (SSSR count). The molecule has 1 aliphatic heterocycles. The summed E-state index contributed by atoms with van der Waals surface area (Å²) >= 11 is 1.66. The lowest BCUT2D eigenvalue weighted by molar-refractivity contribution is -0.117. The highest BCUT2D eigenvalue weighted by Crippen LogP contribution is 2.27. The summed E-state index contributed by atoms with van der Waals surface area (Å²) in [6.07, 6.45) is 3.64. The van der Waals surface area contributed by atoms with Gasteiger partial charge in [-0.25, -0.2) is 4.39 Å². The topological polar surface area (TPSA) is 52.9 Å². The molecule has 1 aliphatic rings. The van der Waals surface area contributed by atoms with Gasteiger partial charge in [-0.05, 0) is 35.9 Å². The number of nitriles is 1. The molecular formula is C14H13FN2OS. The highest BCUT2D eigenvalue weighted by atomic mass is 32.2. The maximum atomic E-state index is 12.7. The fourth-order valence-corrected chi connectivity index (χ4v) is 3.07. The number of rotatable bonds is 3. The summed E-state index contributed by atoms with van der Waals surface area (Å²) in [6.45, 7) is 0. The van der Waals surface area contributed by atoms with E-state index in [1.807, 2.05) is 0 Å². The van der Waals surface area contributed by atoms with Crippen LogP contribution in [0.2, 0.25) is 0 Å². The first-order valence-electron chi connectivity index (χ1n) is 5.88. The minimum Gasteiger partial charge on any atom is -0.333 e. The van der Waals surface area contributed by atoms with Gasteiger partial charge in [0, 0.05) is 11.8 Å². The molecular weight excluding hydrogens is 263 g/mol. The summed E-state index contributed by atoms with van der Waals surface area (Å²) in [6, 6.07) is 8.02. The monoisotopic (exact) mass is 276 g/mol. The molecule has 0 spiro atoms. The van der Waals surface area contributed by atoms with E-state index in [1.54, 1.807) is 30.0 Å². The van der Waals surface area contributed by atoms with E-state index in [9.17, 15) is 9.18 Å². The SMILES string of the molecule is N#C[C@]1(NC(=O)/C=C\c2ccc(F)cc2)CCSC1. The van der Waals surface area contributed by atoms with Crippen LogP contribution >= 0.6 is 11.8 Å². The van der Waals surface area contributed by atoms with Crippen LogP contribution in [0.4, 0.5) is 4.39 Å². The van der Waals surface area contributed by atoms with Crippen molar-refractivity contribution >= 4 is 23.7 Å². The number of hydrogen-bond donors (Lipinski definition) is 1. The van der Waals surface area contributed by atoms with Gasteiger partial charge in [0.15, 0.2) is 0 Å². The van der Waals surface area contributed by atoms with E-state index in [2.05, 4.69) is 11.4 Å². The number of thioether (sulfide) groups is 1. The van der Waals surface area contributed by atoms with Gasteiger partial charge in [-0.2, -0.15) is 17.0 Å². The quantitative estimate of drug-likeness (QED) is 0.862. The van der Waals surface area contributed by atoms with Gasteiger partial charge in [-0.1, -0.05) is 12.1 Å². The third-order valence-electron chi connectivity index (χ3n) is 2.90. The summed E-state index contributed by atoms with van der Waals surface area (Å²) in [5, 5.41) is 11.9. The van der Waals surface area contributed by atoms with E-state index in [0.717, 1.165) is 11.3 Å². The molecule has 98 valence electrons. The van der Waals surface area contributed by atoms with E-state index in [4.69, 9.17) is 5.26 Å². The van der Waals surface area contributed by atoms with Crippen LogP contribution in [0.25, 0.3) is 6.08 Å². The van der Waals surface area contributed by atoms with Gasteiger partial charge >= 0.3 is 0 Å². The summed E-state index contributed by atoms with van der Waals surface area (Å²) < 4.78 is 12.7. The molecule has 0 unspecified atom stereocenters. The van der Waals surface area contributed by atoms with Crippen molar-refractivity contribution in [2.75, 3.05) is 11.5 Å². The Labute approximate surface area is 115 Å². The van der Waals surface area contributed by atoms with Gasteiger partial charge in [0.05, 0.1) is 6.07 Å².